The Bertz CT molecular complexity index is 801. The maximum atomic E-state index is 12.4. The summed E-state index contributed by atoms with van der Waals surface area (Å²) in [5.74, 6) is 0.380. The number of thioether (sulfide) groups is 1. The van der Waals surface area contributed by atoms with E-state index < -0.39 is 0 Å². The third kappa shape index (κ3) is 4.47. The molecule has 4 nitrogen and oxygen atoms in total. The number of hydrogen-bond donors (Lipinski definition) is 1. The smallest absolute Gasteiger partial charge is 0.337 e. The first-order valence-corrected chi connectivity index (χ1v) is 9.83. The van der Waals surface area contributed by atoms with Gasteiger partial charge in [0.15, 0.2) is 0 Å². The maximum absolute atomic E-state index is 12.4. The molecule has 136 valence electrons. The number of hydrogen-bond acceptors (Lipinski definition) is 4. The first-order chi connectivity index (χ1) is 12.6. The topological polar surface area (TPSA) is 55.4 Å². The molecule has 0 aliphatic heterocycles. The maximum Gasteiger partial charge on any atom is 0.337 e. The Balaban J connectivity index is 1.52. The normalized spacial score (nSPS) is 13.8. The number of ether oxygens (including phenoxy) is 1. The lowest BCUT2D eigenvalue weighted by Crippen LogP contribution is -2.22. The lowest BCUT2D eigenvalue weighted by Gasteiger charge is -2.13. The molecular formula is C21H23NO3S. The molecule has 0 bridgehead atoms. The van der Waals surface area contributed by atoms with Gasteiger partial charge in [-0.25, -0.2) is 4.79 Å². The van der Waals surface area contributed by atoms with Gasteiger partial charge >= 0.3 is 5.97 Å². The van der Waals surface area contributed by atoms with Crippen LogP contribution in [-0.4, -0.2) is 24.2 Å². The van der Waals surface area contributed by atoms with Crippen LogP contribution in [0.4, 0.5) is 5.69 Å². The van der Waals surface area contributed by atoms with Gasteiger partial charge in [-0.3, -0.25) is 4.79 Å². The molecule has 3 rings (SSSR count). The van der Waals surface area contributed by atoms with Crippen molar-refractivity contribution in [2.75, 3.05) is 12.4 Å². The molecule has 1 aliphatic rings. The zero-order valence-corrected chi connectivity index (χ0v) is 15.9. The summed E-state index contributed by atoms with van der Waals surface area (Å²) in [5.41, 5.74) is 5.24. The number of anilines is 1. The monoisotopic (exact) mass is 369 g/mol. The first kappa shape index (κ1) is 18.5. The van der Waals surface area contributed by atoms with Crippen LogP contribution in [0.3, 0.4) is 0 Å². The van der Waals surface area contributed by atoms with Gasteiger partial charge in [-0.15, -0.1) is 11.8 Å². The Morgan fingerprint density at radius 3 is 2.58 bits per heavy atom. The van der Waals surface area contributed by atoms with Crippen molar-refractivity contribution >= 4 is 29.3 Å². The Labute approximate surface area is 158 Å². The number of benzene rings is 2. The molecule has 0 saturated heterocycles. The summed E-state index contributed by atoms with van der Waals surface area (Å²) in [7, 11) is 1.37. The fraction of sp³-hybridized carbons (Fsp3) is 0.333. The third-order valence-electron chi connectivity index (χ3n) is 4.61. The molecule has 2 aromatic rings. The largest absolute Gasteiger partial charge is 0.465 e. The SMILES string of the molecule is COC(=O)c1ccc(CS[C@@H](C)C(=O)Nc2ccc3c(c2)CCC3)cc1. The predicted octanol–water partition coefficient (Wildman–Crippen LogP) is 4.22. The predicted molar refractivity (Wildman–Crippen MR) is 106 cm³/mol. The zero-order chi connectivity index (χ0) is 18.5. The number of rotatable bonds is 6. The average molecular weight is 369 g/mol. The van der Waals surface area contributed by atoms with Gasteiger partial charge in [0.05, 0.1) is 17.9 Å². The molecule has 0 radical (unpaired) electrons. The minimum absolute atomic E-state index is 0.0131. The number of fused-ring (bicyclic) bond motifs is 1. The number of amides is 1. The van der Waals surface area contributed by atoms with E-state index in [4.69, 9.17) is 4.74 Å². The molecule has 0 saturated carbocycles. The third-order valence-corrected chi connectivity index (χ3v) is 5.82. The van der Waals surface area contributed by atoms with Gasteiger partial charge in [0.2, 0.25) is 5.91 Å². The summed E-state index contributed by atoms with van der Waals surface area (Å²) in [6.07, 6.45) is 3.45. The number of esters is 1. The Morgan fingerprint density at radius 1 is 1.12 bits per heavy atom. The molecule has 1 aliphatic carbocycles. The fourth-order valence-electron chi connectivity index (χ4n) is 3.05. The quantitative estimate of drug-likeness (QED) is 0.775. The van der Waals surface area contributed by atoms with Crippen molar-refractivity contribution in [3.8, 4) is 0 Å². The van der Waals surface area contributed by atoms with Crippen LogP contribution >= 0.6 is 11.8 Å². The molecule has 5 heteroatoms. The summed E-state index contributed by atoms with van der Waals surface area (Å²) in [6.45, 7) is 1.91. The second-order valence-electron chi connectivity index (χ2n) is 6.47. The summed E-state index contributed by atoms with van der Waals surface area (Å²) in [4.78, 5) is 23.9. The summed E-state index contributed by atoms with van der Waals surface area (Å²) < 4.78 is 4.69. The molecule has 0 heterocycles. The minimum atomic E-state index is -0.341. The van der Waals surface area contributed by atoms with Gasteiger partial charge < -0.3 is 10.1 Å². The number of nitrogens with one attached hydrogen (secondary N) is 1. The minimum Gasteiger partial charge on any atom is -0.465 e. The van der Waals surface area contributed by atoms with Crippen LogP contribution < -0.4 is 5.32 Å². The van der Waals surface area contributed by atoms with Gasteiger partial charge in [0.25, 0.3) is 0 Å². The molecule has 1 N–H and O–H groups in total. The zero-order valence-electron chi connectivity index (χ0n) is 15.1. The van der Waals surface area contributed by atoms with Crippen molar-refractivity contribution in [1.29, 1.82) is 0 Å². The summed E-state index contributed by atoms with van der Waals surface area (Å²) in [6, 6.07) is 13.5. The highest BCUT2D eigenvalue weighted by Crippen LogP contribution is 2.26. The number of carbonyl (C=O) groups is 2. The summed E-state index contributed by atoms with van der Waals surface area (Å²) >= 11 is 1.57. The summed E-state index contributed by atoms with van der Waals surface area (Å²) in [5, 5.41) is 2.85. The molecule has 1 atom stereocenters. The van der Waals surface area contributed by atoms with Crippen molar-refractivity contribution in [2.45, 2.75) is 37.2 Å². The van der Waals surface area contributed by atoms with E-state index in [1.165, 1.54) is 24.7 Å². The van der Waals surface area contributed by atoms with Gasteiger partial charge in [0.1, 0.15) is 0 Å². The molecule has 0 spiro atoms. The standard InChI is InChI=1S/C21H23NO3S/c1-14(26-13-15-6-8-17(9-7-15)21(24)25-2)20(23)22-19-11-10-16-4-3-5-18(16)12-19/h6-12,14H,3-5,13H2,1-2H3,(H,22,23)/t14-/m0/s1. The Kier molecular flexibility index (Phi) is 5.99. The van der Waals surface area contributed by atoms with E-state index in [-0.39, 0.29) is 17.1 Å². The average Bonchev–Trinajstić information content (AvgIpc) is 3.13. The van der Waals surface area contributed by atoms with Gasteiger partial charge in [-0.1, -0.05) is 18.2 Å². The first-order valence-electron chi connectivity index (χ1n) is 8.78. The van der Waals surface area contributed by atoms with Crippen molar-refractivity contribution < 1.29 is 14.3 Å². The number of methoxy groups -OCH3 is 1. The molecule has 0 fully saturated rings. The molecule has 0 aromatic heterocycles. The van der Waals surface area contributed by atoms with Crippen molar-refractivity contribution in [3.05, 3.63) is 64.7 Å². The van der Waals surface area contributed by atoms with E-state index in [0.717, 1.165) is 24.1 Å². The Morgan fingerprint density at radius 2 is 1.85 bits per heavy atom. The van der Waals surface area contributed by atoms with Gasteiger partial charge in [0, 0.05) is 11.4 Å². The second kappa shape index (κ2) is 8.41. The Hall–Kier alpha value is -2.27. The van der Waals surface area contributed by atoms with E-state index in [0.29, 0.717) is 11.3 Å². The highest BCUT2D eigenvalue weighted by molar-refractivity contribution is 7.99. The van der Waals surface area contributed by atoms with E-state index in [2.05, 4.69) is 17.4 Å². The van der Waals surface area contributed by atoms with Crippen LogP contribution in [0.25, 0.3) is 0 Å². The van der Waals surface area contributed by atoms with Crippen LogP contribution in [0.15, 0.2) is 42.5 Å². The number of carbonyl (C=O) groups excluding carboxylic acids is 2. The highest BCUT2D eigenvalue weighted by atomic mass is 32.2. The van der Waals surface area contributed by atoms with Crippen LogP contribution in [0.1, 0.15) is 40.4 Å². The van der Waals surface area contributed by atoms with Crippen LogP contribution in [0, 0.1) is 0 Å². The molecular weight excluding hydrogens is 346 g/mol. The molecule has 2 aromatic carbocycles. The second-order valence-corrected chi connectivity index (χ2v) is 7.80. The van der Waals surface area contributed by atoms with Crippen molar-refractivity contribution in [1.82, 2.24) is 0 Å². The van der Waals surface area contributed by atoms with Crippen LogP contribution in [0.5, 0.6) is 0 Å². The lowest BCUT2D eigenvalue weighted by molar-refractivity contribution is -0.115. The van der Waals surface area contributed by atoms with Crippen molar-refractivity contribution in [3.63, 3.8) is 0 Å². The molecule has 26 heavy (non-hydrogen) atoms. The molecule has 1 amide bonds. The molecule has 0 unspecified atom stereocenters. The van der Waals surface area contributed by atoms with Gasteiger partial charge in [-0.2, -0.15) is 0 Å². The van der Waals surface area contributed by atoms with Crippen molar-refractivity contribution in [2.24, 2.45) is 0 Å². The fourth-order valence-corrected chi connectivity index (χ4v) is 3.89. The van der Waals surface area contributed by atoms with E-state index in [1.54, 1.807) is 23.9 Å². The van der Waals surface area contributed by atoms with E-state index >= 15 is 0 Å². The van der Waals surface area contributed by atoms with Gasteiger partial charge in [-0.05, 0) is 67.1 Å². The van der Waals surface area contributed by atoms with Crippen LogP contribution in [-0.2, 0) is 28.1 Å². The van der Waals surface area contributed by atoms with Crippen LogP contribution in [0.2, 0.25) is 0 Å². The number of aryl methyl sites for hydroxylation is 2. The lowest BCUT2D eigenvalue weighted by atomic mass is 10.1. The highest BCUT2D eigenvalue weighted by Gasteiger charge is 2.16. The van der Waals surface area contributed by atoms with E-state index in [9.17, 15) is 9.59 Å². The van der Waals surface area contributed by atoms with E-state index in [1.807, 2.05) is 25.1 Å².